The summed E-state index contributed by atoms with van der Waals surface area (Å²) in [6.07, 6.45) is 1.11. The van der Waals surface area contributed by atoms with Crippen LogP contribution in [0.1, 0.15) is 18.9 Å². The van der Waals surface area contributed by atoms with Gasteiger partial charge in [0.15, 0.2) is 11.5 Å². The highest BCUT2D eigenvalue weighted by atomic mass is 35.5. The van der Waals surface area contributed by atoms with Gasteiger partial charge in [-0.3, -0.25) is 0 Å². The van der Waals surface area contributed by atoms with Crippen LogP contribution in [0.4, 0.5) is 0 Å². The summed E-state index contributed by atoms with van der Waals surface area (Å²) < 4.78 is 10.5. The van der Waals surface area contributed by atoms with Gasteiger partial charge in [0.2, 0.25) is 0 Å². The van der Waals surface area contributed by atoms with Crippen molar-refractivity contribution < 1.29 is 9.47 Å². The van der Waals surface area contributed by atoms with Gasteiger partial charge < -0.3 is 19.7 Å². The van der Waals surface area contributed by atoms with Gasteiger partial charge in [0.25, 0.3) is 0 Å². The Kier molecular flexibility index (Phi) is 7.13. The van der Waals surface area contributed by atoms with Crippen molar-refractivity contribution >= 4 is 11.6 Å². The molecule has 4 nitrogen and oxygen atoms in total. The van der Waals surface area contributed by atoms with Gasteiger partial charge in [0.05, 0.1) is 19.2 Å². The Labute approximate surface area is 127 Å². The van der Waals surface area contributed by atoms with Gasteiger partial charge in [-0.2, -0.15) is 0 Å². The molecule has 0 aliphatic heterocycles. The van der Waals surface area contributed by atoms with E-state index in [0.29, 0.717) is 22.6 Å². The van der Waals surface area contributed by atoms with Crippen molar-refractivity contribution in [2.75, 3.05) is 34.9 Å². The molecule has 20 heavy (non-hydrogen) atoms. The lowest BCUT2D eigenvalue weighted by Gasteiger charge is -2.17. The summed E-state index contributed by atoms with van der Waals surface area (Å²) in [5, 5.41) is 4.06. The molecule has 1 N–H and O–H groups in total. The molecule has 0 aliphatic rings. The molecular weight excluding hydrogens is 276 g/mol. The third-order valence-electron chi connectivity index (χ3n) is 3.16. The zero-order valence-electron chi connectivity index (χ0n) is 13.0. The topological polar surface area (TPSA) is 33.7 Å². The molecule has 1 unspecified atom stereocenters. The van der Waals surface area contributed by atoms with Crippen LogP contribution in [-0.2, 0) is 6.54 Å². The van der Waals surface area contributed by atoms with Gasteiger partial charge in [-0.25, -0.2) is 0 Å². The quantitative estimate of drug-likeness (QED) is 0.800. The summed E-state index contributed by atoms with van der Waals surface area (Å²) in [4.78, 5) is 2.19. The summed E-state index contributed by atoms with van der Waals surface area (Å²) in [5.74, 6) is 1.25. The van der Waals surface area contributed by atoms with Crippen LogP contribution in [0.25, 0.3) is 0 Å². The normalized spacial score (nSPS) is 12.6. The van der Waals surface area contributed by atoms with E-state index in [-0.39, 0.29) is 0 Å². The van der Waals surface area contributed by atoms with Crippen molar-refractivity contribution in [3.05, 3.63) is 22.7 Å². The fourth-order valence-electron chi connectivity index (χ4n) is 1.92. The Morgan fingerprint density at radius 3 is 2.50 bits per heavy atom. The van der Waals surface area contributed by atoms with Crippen molar-refractivity contribution in [1.29, 1.82) is 0 Å². The number of nitrogens with zero attached hydrogens (tertiary/aromatic N) is 1. The van der Waals surface area contributed by atoms with Crippen LogP contribution in [0.2, 0.25) is 5.02 Å². The monoisotopic (exact) mass is 300 g/mol. The predicted molar refractivity (Wildman–Crippen MR) is 84.0 cm³/mol. The standard InChI is InChI=1S/C15H25ClN2O2/c1-11(6-7-18(2)3)17-10-12-8-13(16)15(20-5)14(9-12)19-4/h8-9,11,17H,6-7,10H2,1-5H3. The van der Waals surface area contributed by atoms with Crippen LogP contribution in [0, 0.1) is 0 Å². The molecule has 114 valence electrons. The van der Waals surface area contributed by atoms with E-state index >= 15 is 0 Å². The van der Waals surface area contributed by atoms with Gasteiger partial charge in [0.1, 0.15) is 0 Å². The minimum atomic E-state index is 0.448. The summed E-state index contributed by atoms with van der Waals surface area (Å²) in [6.45, 7) is 4.02. The zero-order valence-corrected chi connectivity index (χ0v) is 13.8. The Morgan fingerprint density at radius 1 is 1.25 bits per heavy atom. The van der Waals surface area contributed by atoms with E-state index in [2.05, 4.69) is 31.2 Å². The molecule has 1 aromatic carbocycles. The molecule has 0 heterocycles. The molecule has 0 spiro atoms. The zero-order chi connectivity index (χ0) is 15.1. The maximum Gasteiger partial charge on any atom is 0.179 e. The first-order chi connectivity index (χ1) is 9.47. The average molecular weight is 301 g/mol. The smallest absolute Gasteiger partial charge is 0.179 e. The van der Waals surface area contributed by atoms with E-state index in [1.165, 1.54) is 0 Å². The Morgan fingerprint density at radius 2 is 1.95 bits per heavy atom. The van der Waals surface area contributed by atoms with E-state index in [0.717, 1.165) is 25.1 Å². The van der Waals surface area contributed by atoms with E-state index < -0.39 is 0 Å². The molecule has 0 amide bonds. The lowest BCUT2D eigenvalue weighted by Crippen LogP contribution is -2.29. The van der Waals surface area contributed by atoms with E-state index in [1.807, 2.05) is 12.1 Å². The summed E-state index contributed by atoms with van der Waals surface area (Å²) in [6, 6.07) is 4.31. The fourth-order valence-corrected chi connectivity index (χ4v) is 2.23. The number of rotatable bonds is 8. The number of benzene rings is 1. The summed E-state index contributed by atoms with van der Waals surface area (Å²) in [7, 11) is 7.37. The van der Waals surface area contributed by atoms with Crippen LogP contribution in [0.5, 0.6) is 11.5 Å². The van der Waals surface area contributed by atoms with Gasteiger partial charge >= 0.3 is 0 Å². The van der Waals surface area contributed by atoms with Gasteiger partial charge in [-0.1, -0.05) is 11.6 Å². The van der Waals surface area contributed by atoms with Crippen molar-refractivity contribution in [3.8, 4) is 11.5 Å². The second-order valence-electron chi connectivity index (χ2n) is 5.19. The Bertz CT molecular complexity index is 425. The molecule has 0 saturated heterocycles. The molecule has 0 saturated carbocycles. The highest BCUT2D eigenvalue weighted by Gasteiger charge is 2.11. The van der Waals surface area contributed by atoms with Gasteiger partial charge in [-0.15, -0.1) is 0 Å². The molecule has 0 aromatic heterocycles. The SMILES string of the molecule is COc1cc(CNC(C)CCN(C)C)cc(Cl)c1OC. The summed E-state index contributed by atoms with van der Waals surface area (Å²) >= 11 is 6.19. The van der Waals surface area contributed by atoms with Crippen LogP contribution >= 0.6 is 11.6 Å². The van der Waals surface area contributed by atoms with Crippen molar-refractivity contribution in [2.45, 2.75) is 25.9 Å². The van der Waals surface area contributed by atoms with Crippen molar-refractivity contribution in [1.82, 2.24) is 10.2 Å². The molecule has 1 aromatic rings. The van der Waals surface area contributed by atoms with Crippen molar-refractivity contribution in [2.24, 2.45) is 0 Å². The maximum absolute atomic E-state index is 6.19. The number of halogens is 1. The number of methoxy groups -OCH3 is 2. The van der Waals surface area contributed by atoms with E-state index in [9.17, 15) is 0 Å². The number of nitrogens with one attached hydrogen (secondary N) is 1. The van der Waals surface area contributed by atoms with Crippen molar-refractivity contribution in [3.63, 3.8) is 0 Å². The lowest BCUT2D eigenvalue weighted by molar-refractivity contribution is 0.353. The number of hydrogen-bond donors (Lipinski definition) is 1. The predicted octanol–water partition coefficient (Wildman–Crippen LogP) is 2.79. The Hall–Kier alpha value is -0.970. The maximum atomic E-state index is 6.19. The summed E-state index contributed by atoms with van der Waals surface area (Å²) in [5.41, 5.74) is 1.09. The minimum Gasteiger partial charge on any atom is -0.493 e. The van der Waals surface area contributed by atoms with Crippen LogP contribution in [0.3, 0.4) is 0 Å². The third kappa shape index (κ3) is 5.19. The molecule has 0 radical (unpaired) electrons. The van der Waals surface area contributed by atoms with Gasteiger partial charge in [0, 0.05) is 12.6 Å². The third-order valence-corrected chi connectivity index (χ3v) is 3.44. The first kappa shape index (κ1) is 17.1. The average Bonchev–Trinajstić information content (AvgIpc) is 2.42. The first-order valence-electron chi connectivity index (χ1n) is 6.76. The van der Waals surface area contributed by atoms with Gasteiger partial charge in [-0.05, 0) is 51.7 Å². The molecule has 0 aliphatic carbocycles. The van der Waals surface area contributed by atoms with E-state index in [1.54, 1.807) is 14.2 Å². The lowest BCUT2D eigenvalue weighted by atomic mass is 10.1. The molecule has 0 fully saturated rings. The largest absolute Gasteiger partial charge is 0.493 e. The van der Waals surface area contributed by atoms with Crippen LogP contribution < -0.4 is 14.8 Å². The number of ether oxygens (including phenoxy) is 2. The minimum absolute atomic E-state index is 0.448. The molecule has 5 heteroatoms. The molecular formula is C15H25ClN2O2. The first-order valence-corrected chi connectivity index (χ1v) is 7.14. The highest BCUT2D eigenvalue weighted by Crippen LogP contribution is 2.35. The molecule has 1 atom stereocenters. The van der Waals surface area contributed by atoms with E-state index in [4.69, 9.17) is 21.1 Å². The molecule has 0 bridgehead atoms. The second-order valence-corrected chi connectivity index (χ2v) is 5.59. The highest BCUT2D eigenvalue weighted by molar-refractivity contribution is 6.32. The van der Waals surface area contributed by atoms with Crippen LogP contribution in [0.15, 0.2) is 12.1 Å². The number of hydrogen-bond acceptors (Lipinski definition) is 4. The molecule has 1 rings (SSSR count). The fraction of sp³-hybridized carbons (Fsp3) is 0.600. The Balaban J connectivity index is 2.62. The second kappa shape index (κ2) is 8.35. The van der Waals surface area contributed by atoms with Crippen LogP contribution in [-0.4, -0.2) is 45.8 Å².